The minimum absolute atomic E-state index is 0.124. The molecule has 22 heavy (non-hydrogen) atoms. The van der Waals surface area contributed by atoms with Crippen LogP contribution in [0.2, 0.25) is 0 Å². The van der Waals surface area contributed by atoms with Gasteiger partial charge in [0.2, 0.25) is 0 Å². The number of carbonyl (C=O) groups is 1. The first-order valence-corrected chi connectivity index (χ1v) is 7.14. The first-order valence-electron chi connectivity index (χ1n) is 7.14. The summed E-state index contributed by atoms with van der Waals surface area (Å²) in [5.41, 5.74) is 3.67. The Bertz CT molecular complexity index is 697. The summed E-state index contributed by atoms with van der Waals surface area (Å²) >= 11 is 0. The third kappa shape index (κ3) is 3.45. The fraction of sp³-hybridized carbons (Fsp3) is 0.278. The van der Waals surface area contributed by atoms with E-state index in [0.29, 0.717) is 0 Å². The van der Waals surface area contributed by atoms with Crippen LogP contribution in [0.5, 0.6) is 5.75 Å². The van der Waals surface area contributed by atoms with Crippen LogP contribution in [-0.4, -0.2) is 13.0 Å². The summed E-state index contributed by atoms with van der Waals surface area (Å²) in [6.07, 6.45) is 0. The van der Waals surface area contributed by atoms with Crippen molar-refractivity contribution in [3.05, 3.63) is 64.5 Å². The van der Waals surface area contributed by atoms with Crippen molar-refractivity contribution in [1.82, 2.24) is 5.32 Å². The minimum Gasteiger partial charge on any atom is -0.494 e. The van der Waals surface area contributed by atoms with Crippen LogP contribution in [0.4, 0.5) is 4.39 Å². The predicted molar refractivity (Wildman–Crippen MR) is 84.7 cm³/mol. The second-order valence-corrected chi connectivity index (χ2v) is 5.39. The second kappa shape index (κ2) is 6.60. The number of ether oxygens (including phenoxy) is 1. The van der Waals surface area contributed by atoms with Gasteiger partial charge in [-0.25, -0.2) is 4.39 Å². The van der Waals surface area contributed by atoms with Crippen molar-refractivity contribution in [2.24, 2.45) is 0 Å². The Balaban J connectivity index is 2.13. The number of rotatable bonds is 4. The Labute approximate surface area is 130 Å². The van der Waals surface area contributed by atoms with E-state index >= 15 is 0 Å². The molecule has 3 nitrogen and oxygen atoms in total. The molecule has 1 atom stereocenters. The van der Waals surface area contributed by atoms with E-state index < -0.39 is 5.82 Å². The van der Waals surface area contributed by atoms with Gasteiger partial charge in [-0.2, -0.15) is 0 Å². The molecule has 0 aliphatic rings. The normalized spacial score (nSPS) is 11.9. The number of halogens is 1. The smallest absolute Gasteiger partial charge is 0.251 e. The number of carbonyl (C=O) groups excluding carboxylic acids is 1. The van der Waals surface area contributed by atoms with E-state index in [1.165, 1.54) is 30.4 Å². The monoisotopic (exact) mass is 301 g/mol. The van der Waals surface area contributed by atoms with Crippen molar-refractivity contribution in [3.63, 3.8) is 0 Å². The second-order valence-electron chi connectivity index (χ2n) is 5.39. The van der Waals surface area contributed by atoms with Crippen LogP contribution in [0, 0.1) is 19.7 Å². The molecule has 1 amide bonds. The van der Waals surface area contributed by atoms with E-state index in [9.17, 15) is 9.18 Å². The first-order chi connectivity index (χ1) is 10.4. The van der Waals surface area contributed by atoms with Gasteiger partial charge in [-0.15, -0.1) is 0 Å². The highest BCUT2D eigenvalue weighted by atomic mass is 19.1. The van der Waals surface area contributed by atoms with Crippen LogP contribution in [0.15, 0.2) is 36.4 Å². The maximum absolute atomic E-state index is 13.7. The van der Waals surface area contributed by atoms with Crippen molar-refractivity contribution in [2.45, 2.75) is 26.8 Å². The van der Waals surface area contributed by atoms with E-state index in [2.05, 4.69) is 11.4 Å². The SMILES string of the molecule is COc1ccc(C(=O)NC(C)c2ccc(C)c(C)c2)cc1F. The van der Waals surface area contributed by atoms with Gasteiger partial charge < -0.3 is 10.1 Å². The van der Waals surface area contributed by atoms with Crippen molar-refractivity contribution in [2.75, 3.05) is 7.11 Å². The molecule has 1 N–H and O–H groups in total. The fourth-order valence-electron chi connectivity index (χ4n) is 2.20. The molecule has 0 heterocycles. The van der Waals surface area contributed by atoms with Crippen molar-refractivity contribution in [1.29, 1.82) is 0 Å². The zero-order valence-electron chi connectivity index (χ0n) is 13.2. The maximum Gasteiger partial charge on any atom is 0.251 e. The summed E-state index contributed by atoms with van der Waals surface area (Å²) in [4.78, 5) is 12.2. The number of methoxy groups -OCH3 is 1. The third-order valence-corrected chi connectivity index (χ3v) is 3.79. The Morgan fingerprint density at radius 2 is 1.86 bits per heavy atom. The minimum atomic E-state index is -0.547. The summed E-state index contributed by atoms with van der Waals surface area (Å²) in [6.45, 7) is 5.98. The molecule has 0 radical (unpaired) electrons. The quantitative estimate of drug-likeness (QED) is 0.929. The van der Waals surface area contributed by atoms with Crippen molar-refractivity contribution < 1.29 is 13.9 Å². The molecule has 0 saturated carbocycles. The zero-order valence-corrected chi connectivity index (χ0v) is 13.2. The van der Waals surface area contributed by atoms with E-state index in [-0.39, 0.29) is 23.3 Å². The average molecular weight is 301 g/mol. The van der Waals surface area contributed by atoms with Gasteiger partial charge in [-0.3, -0.25) is 4.79 Å². The summed E-state index contributed by atoms with van der Waals surface area (Å²) in [7, 11) is 1.39. The summed E-state index contributed by atoms with van der Waals surface area (Å²) < 4.78 is 18.5. The van der Waals surface area contributed by atoms with Gasteiger partial charge in [0.15, 0.2) is 11.6 Å². The van der Waals surface area contributed by atoms with Gasteiger partial charge >= 0.3 is 0 Å². The highest BCUT2D eigenvalue weighted by Gasteiger charge is 2.14. The van der Waals surface area contributed by atoms with Crippen LogP contribution in [-0.2, 0) is 0 Å². The molecule has 2 aromatic rings. The molecule has 0 fully saturated rings. The van der Waals surface area contributed by atoms with Crippen LogP contribution in [0.1, 0.15) is 40.0 Å². The molecule has 0 aliphatic carbocycles. The summed E-state index contributed by atoms with van der Waals surface area (Å²) in [5.74, 6) is -0.736. The lowest BCUT2D eigenvalue weighted by Crippen LogP contribution is -2.26. The summed E-state index contributed by atoms with van der Waals surface area (Å²) in [6, 6.07) is 10.1. The maximum atomic E-state index is 13.7. The van der Waals surface area contributed by atoms with Crippen molar-refractivity contribution >= 4 is 5.91 Å². The number of amides is 1. The van der Waals surface area contributed by atoms with E-state index in [1.54, 1.807) is 6.07 Å². The molecule has 2 rings (SSSR count). The van der Waals surface area contributed by atoms with Gasteiger partial charge in [0.25, 0.3) is 5.91 Å². The van der Waals surface area contributed by atoms with E-state index in [4.69, 9.17) is 4.74 Å². The first kappa shape index (κ1) is 16.0. The molecule has 2 aromatic carbocycles. The largest absolute Gasteiger partial charge is 0.494 e. The molecule has 116 valence electrons. The molecular formula is C18H20FNO2. The molecule has 4 heteroatoms. The average Bonchev–Trinajstić information content (AvgIpc) is 2.49. The number of nitrogens with one attached hydrogen (secondary N) is 1. The number of benzene rings is 2. The number of hydrogen-bond acceptors (Lipinski definition) is 2. The van der Waals surface area contributed by atoms with Crippen LogP contribution in [0.25, 0.3) is 0 Å². The Kier molecular flexibility index (Phi) is 4.81. The van der Waals surface area contributed by atoms with Gasteiger partial charge in [0.05, 0.1) is 13.2 Å². The van der Waals surface area contributed by atoms with Crippen molar-refractivity contribution in [3.8, 4) is 5.75 Å². The lowest BCUT2D eigenvalue weighted by molar-refractivity contribution is 0.0939. The highest BCUT2D eigenvalue weighted by Crippen LogP contribution is 2.20. The van der Waals surface area contributed by atoms with Gasteiger partial charge in [0, 0.05) is 5.56 Å². The molecule has 0 aromatic heterocycles. The van der Waals surface area contributed by atoms with Gasteiger partial charge in [-0.05, 0) is 55.7 Å². The third-order valence-electron chi connectivity index (χ3n) is 3.79. The highest BCUT2D eigenvalue weighted by molar-refractivity contribution is 5.94. The van der Waals surface area contributed by atoms with Crippen LogP contribution in [0.3, 0.4) is 0 Å². The molecule has 1 unspecified atom stereocenters. The molecule has 0 saturated heterocycles. The summed E-state index contributed by atoms with van der Waals surface area (Å²) in [5, 5.41) is 2.88. The molecule has 0 spiro atoms. The number of aryl methyl sites for hydroxylation is 2. The predicted octanol–water partition coefficient (Wildman–Crippen LogP) is 3.94. The topological polar surface area (TPSA) is 38.3 Å². The Morgan fingerprint density at radius 3 is 2.45 bits per heavy atom. The fourth-order valence-corrected chi connectivity index (χ4v) is 2.20. The van der Waals surface area contributed by atoms with Gasteiger partial charge in [-0.1, -0.05) is 18.2 Å². The lowest BCUT2D eigenvalue weighted by atomic mass is 10.0. The lowest BCUT2D eigenvalue weighted by Gasteiger charge is -2.16. The molecular weight excluding hydrogens is 281 g/mol. The Morgan fingerprint density at radius 1 is 1.14 bits per heavy atom. The van der Waals surface area contributed by atoms with Gasteiger partial charge in [0.1, 0.15) is 0 Å². The molecule has 0 aliphatic heterocycles. The Hall–Kier alpha value is -2.36. The standard InChI is InChI=1S/C18H20FNO2/c1-11-5-6-14(9-12(11)2)13(3)20-18(21)15-7-8-17(22-4)16(19)10-15/h5-10,13H,1-4H3,(H,20,21). The molecule has 0 bridgehead atoms. The van der Waals surface area contributed by atoms with E-state index in [0.717, 1.165) is 5.56 Å². The van der Waals surface area contributed by atoms with Crippen LogP contribution >= 0.6 is 0 Å². The van der Waals surface area contributed by atoms with Crippen LogP contribution < -0.4 is 10.1 Å². The van der Waals surface area contributed by atoms with E-state index in [1.807, 2.05) is 32.9 Å². The number of hydrogen-bond donors (Lipinski definition) is 1. The zero-order chi connectivity index (χ0) is 16.3.